The molecule has 0 heterocycles. The van der Waals surface area contributed by atoms with E-state index in [-0.39, 0.29) is 19.3 Å². The minimum absolute atomic E-state index is 0.0362. The van der Waals surface area contributed by atoms with Gasteiger partial charge in [0.05, 0.1) is 5.92 Å². The van der Waals surface area contributed by atoms with Gasteiger partial charge in [-0.25, -0.2) is 4.79 Å². The number of carboxylic acids is 1. The van der Waals surface area contributed by atoms with Crippen molar-refractivity contribution in [3.05, 3.63) is 0 Å². The van der Waals surface area contributed by atoms with Gasteiger partial charge in [0.2, 0.25) is 5.91 Å². The molecule has 0 saturated heterocycles. The predicted molar refractivity (Wildman–Crippen MR) is 52.2 cm³/mol. The Hall–Kier alpha value is -1.27. The first-order valence-corrected chi connectivity index (χ1v) is 5.26. The van der Waals surface area contributed by atoms with Crippen LogP contribution < -0.4 is 5.32 Å². The van der Waals surface area contributed by atoms with Gasteiger partial charge in [-0.3, -0.25) is 4.79 Å². The summed E-state index contributed by atoms with van der Waals surface area (Å²) < 4.78 is 37.7. The van der Waals surface area contributed by atoms with E-state index in [2.05, 4.69) is 5.32 Å². The topological polar surface area (TPSA) is 66.4 Å². The average molecular weight is 253 g/mol. The second kappa shape index (κ2) is 4.54. The third-order valence-corrected chi connectivity index (χ3v) is 3.04. The van der Waals surface area contributed by atoms with Crippen LogP contribution in [0.1, 0.15) is 32.6 Å². The zero-order chi connectivity index (χ0) is 13.3. The van der Waals surface area contributed by atoms with Gasteiger partial charge in [0, 0.05) is 6.92 Å². The van der Waals surface area contributed by atoms with Crippen molar-refractivity contribution in [3.8, 4) is 0 Å². The first-order valence-electron chi connectivity index (χ1n) is 5.26. The zero-order valence-corrected chi connectivity index (χ0v) is 9.30. The molecular formula is C10H14F3NO3. The molecule has 4 nitrogen and oxygen atoms in total. The number of hydrogen-bond donors (Lipinski definition) is 2. The van der Waals surface area contributed by atoms with Crippen LogP contribution >= 0.6 is 0 Å². The maximum atomic E-state index is 12.6. The molecule has 0 radical (unpaired) electrons. The molecule has 0 aromatic carbocycles. The normalized spacial score (nSPS) is 29.8. The number of alkyl halides is 3. The highest BCUT2D eigenvalue weighted by atomic mass is 19.4. The molecule has 17 heavy (non-hydrogen) atoms. The summed E-state index contributed by atoms with van der Waals surface area (Å²) in [5, 5.41) is 11.2. The molecule has 2 N–H and O–H groups in total. The van der Waals surface area contributed by atoms with Crippen molar-refractivity contribution in [3.63, 3.8) is 0 Å². The molecule has 0 spiro atoms. The van der Waals surface area contributed by atoms with Crippen LogP contribution in [-0.2, 0) is 9.59 Å². The highest BCUT2D eigenvalue weighted by molar-refractivity contribution is 5.86. The SMILES string of the molecule is CC(=O)NC1(C(=O)O)CCCC(C(F)(F)F)C1. The molecule has 1 saturated carbocycles. The Labute approximate surface area is 96.2 Å². The molecular weight excluding hydrogens is 239 g/mol. The number of nitrogens with one attached hydrogen (secondary N) is 1. The van der Waals surface area contributed by atoms with Crippen molar-refractivity contribution in [1.82, 2.24) is 5.32 Å². The van der Waals surface area contributed by atoms with Crippen LogP contribution in [0.25, 0.3) is 0 Å². The third-order valence-electron chi connectivity index (χ3n) is 3.04. The monoisotopic (exact) mass is 253 g/mol. The van der Waals surface area contributed by atoms with E-state index in [0.29, 0.717) is 0 Å². The van der Waals surface area contributed by atoms with Gasteiger partial charge in [0.15, 0.2) is 0 Å². The van der Waals surface area contributed by atoms with Gasteiger partial charge in [0.25, 0.3) is 0 Å². The third kappa shape index (κ3) is 3.10. The van der Waals surface area contributed by atoms with Gasteiger partial charge in [0.1, 0.15) is 5.54 Å². The summed E-state index contributed by atoms with van der Waals surface area (Å²) in [7, 11) is 0. The molecule has 1 fully saturated rings. The van der Waals surface area contributed by atoms with E-state index in [9.17, 15) is 22.8 Å². The van der Waals surface area contributed by atoms with Crippen molar-refractivity contribution < 1.29 is 27.9 Å². The second-order valence-corrected chi connectivity index (χ2v) is 4.40. The van der Waals surface area contributed by atoms with Crippen molar-refractivity contribution in [2.24, 2.45) is 5.92 Å². The van der Waals surface area contributed by atoms with Crippen LogP contribution in [-0.4, -0.2) is 28.7 Å². The van der Waals surface area contributed by atoms with Crippen molar-refractivity contribution in [2.75, 3.05) is 0 Å². The number of amides is 1. The lowest BCUT2D eigenvalue weighted by Gasteiger charge is -2.38. The summed E-state index contributed by atoms with van der Waals surface area (Å²) in [6.07, 6.45) is -4.92. The summed E-state index contributed by atoms with van der Waals surface area (Å²) in [4.78, 5) is 22.0. The Balaban J connectivity index is 2.92. The number of rotatable bonds is 2. The van der Waals surface area contributed by atoms with E-state index < -0.39 is 35.9 Å². The van der Waals surface area contributed by atoms with E-state index in [1.54, 1.807) is 0 Å². The van der Waals surface area contributed by atoms with Crippen molar-refractivity contribution in [1.29, 1.82) is 0 Å². The quantitative estimate of drug-likeness (QED) is 0.787. The predicted octanol–water partition coefficient (Wildman–Crippen LogP) is 1.70. The number of halogens is 3. The van der Waals surface area contributed by atoms with E-state index >= 15 is 0 Å². The van der Waals surface area contributed by atoms with Gasteiger partial charge in [-0.05, 0) is 25.7 Å². The van der Waals surface area contributed by atoms with E-state index in [4.69, 9.17) is 5.11 Å². The molecule has 1 amide bonds. The van der Waals surface area contributed by atoms with Crippen LogP contribution in [0, 0.1) is 5.92 Å². The number of carbonyl (C=O) groups excluding carboxylic acids is 1. The highest BCUT2D eigenvalue weighted by Gasteiger charge is 2.51. The Morgan fingerprint density at radius 3 is 2.41 bits per heavy atom. The maximum Gasteiger partial charge on any atom is 0.391 e. The van der Waals surface area contributed by atoms with Crippen molar-refractivity contribution >= 4 is 11.9 Å². The Bertz CT molecular complexity index is 329. The molecule has 1 aliphatic carbocycles. The summed E-state index contributed by atoms with van der Waals surface area (Å²) in [6, 6.07) is 0. The first-order chi connectivity index (χ1) is 7.67. The molecule has 0 aliphatic heterocycles. The van der Waals surface area contributed by atoms with Gasteiger partial charge in [-0.2, -0.15) is 13.2 Å². The largest absolute Gasteiger partial charge is 0.480 e. The lowest BCUT2D eigenvalue weighted by Crippen LogP contribution is -2.57. The average Bonchev–Trinajstić information content (AvgIpc) is 2.15. The number of hydrogen-bond acceptors (Lipinski definition) is 2. The standard InChI is InChI=1S/C10H14F3NO3/c1-6(15)14-9(8(16)17)4-2-3-7(5-9)10(11,12)13/h7H,2-5H2,1H3,(H,14,15)(H,16,17). The highest BCUT2D eigenvalue weighted by Crippen LogP contribution is 2.41. The molecule has 0 aromatic heterocycles. The first kappa shape index (κ1) is 13.8. The fourth-order valence-corrected chi connectivity index (χ4v) is 2.25. The summed E-state index contributed by atoms with van der Waals surface area (Å²) in [5.41, 5.74) is -1.77. The Kier molecular flexibility index (Phi) is 3.68. The number of carbonyl (C=O) groups is 2. The van der Waals surface area contributed by atoms with E-state index in [0.717, 1.165) is 6.92 Å². The molecule has 1 aliphatic rings. The summed E-state index contributed by atoms with van der Waals surface area (Å²) in [5.74, 6) is -3.70. The Morgan fingerprint density at radius 1 is 1.41 bits per heavy atom. The summed E-state index contributed by atoms with van der Waals surface area (Å²) >= 11 is 0. The number of carboxylic acid groups (broad SMARTS) is 1. The van der Waals surface area contributed by atoms with Crippen LogP contribution in [0.15, 0.2) is 0 Å². The van der Waals surface area contributed by atoms with Gasteiger partial charge < -0.3 is 10.4 Å². The van der Waals surface area contributed by atoms with Crippen molar-refractivity contribution in [2.45, 2.75) is 44.3 Å². The van der Waals surface area contributed by atoms with Gasteiger partial charge >= 0.3 is 12.1 Å². The van der Waals surface area contributed by atoms with E-state index in [1.807, 2.05) is 0 Å². The fourth-order valence-electron chi connectivity index (χ4n) is 2.25. The van der Waals surface area contributed by atoms with Crippen LogP contribution in [0.3, 0.4) is 0 Å². The second-order valence-electron chi connectivity index (χ2n) is 4.40. The maximum absolute atomic E-state index is 12.6. The molecule has 2 unspecified atom stereocenters. The van der Waals surface area contributed by atoms with Gasteiger partial charge in [-0.1, -0.05) is 0 Å². The lowest BCUT2D eigenvalue weighted by atomic mass is 9.75. The number of aliphatic carboxylic acids is 1. The zero-order valence-electron chi connectivity index (χ0n) is 9.30. The fraction of sp³-hybridized carbons (Fsp3) is 0.800. The minimum Gasteiger partial charge on any atom is -0.480 e. The van der Waals surface area contributed by atoms with Crippen LogP contribution in [0.4, 0.5) is 13.2 Å². The summed E-state index contributed by atoms with van der Waals surface area (Å²) in [6.45, 7) is 1.10. The van der Waals surface area contributed by atoms with E-state index in [1.165, 1.54) is 0 Å². The molecule has 0 aromatic rings. The molecule has 2 atom stereocenters. The van der Waals surface area contributed by atoms with Crippen LogP contribution in [0.2, 0.25) is 0 Å². The molecule has 1 rings (SSSR count). The van der Waals surface area contributed by atoms with Crippen LogP contribution in [0.5, 0.6) is 0 Å². The smallest absolute Gasteiger partial charge is 0.391 e. The minimum atomic E-state index is -4.42. The lowest BCUT2D eigenvalue weighted by molar-refractivity contribution is -0.192. The van der Waals surface area contributed by atoms with Gasteiger partial charge in [-0.15, -0.1) is 0 Å². The molecule has 7 heteroatoms. The Morgan fingerprint density at radius 2 is 2.00 bits per heavy atom. The molecule has 98 valence electrons. The molecule has 0 bridgehead atoms.